The Bertz CT molecular complexity index is 1040. The monoisotopic (exact) mass is 395 g/mol. The lowest BCUT2D eigenvalue weighted by atomic mass is 10.0. The van der Waals surface area contributed by atoms with Crippen molar-refractivity contribution in [3.63, 3.8) is 0 Å². The highest BCUT2D eigenvalue weighted by Gasteiger charge is 2.22. The number of hydrogen-bond donors (Lipinski definition) is 1. The second-order valence-corrected chi connectivity index (χ2v) is 6.16. The Hall–Kier alpha value is -3.68. The van der Waals surface area contributed by atoms with Crippen molar-refractivity contribution in [1.82, 2.24) is 15.3 Å². The zero-order valence-corrected chi connectivity index (χ0v) is 16.3. The van der Waals surface area contributed by atoms with Gasteiger partial charge in [-0.05, 0) is 29.8 Å². The number of fused-ring (bicyclic) bond motifs is 1. The fourth-order valence-corrected chi connectivity index (χ4v) is 2.87. The van der Waals surface area contributed by atoms with Crippen LogP contribution in [0.4, 0.5) is 0 Å². The number of nitrogens with one attached hydrogen (secondary N) is 1. The Kier molecular flexibility index (Phi) is 6.23. The van der Waals surface area contributed by atoms with Gasteiger partial charge in [0, 0.05) is 0 Å². The summed E-state index contributed by atoms with van der Waals surface area (Å²) < 4.78 is 15.3. The van der Waals surface area contributed by atoms with E-state index in [1.165, 1.54) is 27.5 Å². The molecular weight excluding hydrogens is 374 g/mol. The molecule has 0 spiro atoms. The lowest BCUT2D eigenvalue weighted by Crippen LogP contribution is -2.31. The minimum absolute atomic E-state index is 0.0568. The number of methoxy groups -OCH3 is 3. The summed E-state index contributed by atoms with van der Waals surface area (Å²) in [6.45, 7) is 0. The number of carbonyl (C=O) groups is 2. The summed E-state index contributed by atoms with van der Waals surface area (Å²) in [5.41, 5.74) is 2.11. The van der Waals surface area contributed by atoms with E-state index in [-0.39, 0.29) is 12.1 Å². The first kappa shape index (κ1) is 20.1. The van der Waals surface area contributed by atoms with Crippen molar-refractivity contribution in [3.05, 3.63) is 59.9 Å². The molecule has 0 unspecified atom stereocenters. The van der Waals surface area contributed by atoms with Gasteiger partial charge in [0.2, 0.25) is 0 Å². The number of carbonyl (C=O) groups excluding carboxylic acids is 2. The van der Waals surface area contributed by atoms with Crippen LogP contribution in [0.3, 0.4) is 0 Å². The van der Waals surface area contributed by atoms with Gasteiger partial charge in [-0.1, -0.05) is 18.2 Å². The van der Waals surface area contributed by atoms with Gasteiger partial charge in [-0.2, -0.15) is 0 Å². The summed E-state index contributed by atoms with van der Waals surface area (Å²) in [6.07, 6.45) is 1.35. The average molecular weight is 395 g/mol. The molecule has 0 radical (unpaired) electrons. The van der Waals surface area contributed by atoms with Crippen molar-refractivity contribution < 1.29 is 23.8 Å². The van der Waals surface area contributed by atoms with Crippen LogP contribution in [0.25, 0.3) is 11.0 Å². The molecule has 0 saturated heterocycles. The third kappa shape index (κ3) is 4.60. The van der Waals surface area contributed by atoms with E-state index in [1.807, 2.05) is 18.2 Å². The molecule has 1 amide bonds. The average Bonchev–Trinajstić information content (AvgIpc) is 2.77. The molecule has 0 fully saturated rings. The summed E-state index contributed by atoms with van der Waals surface area (Å²) in [5, 5.41) is 2.83. The number of para-hydroxylation sites is 2. The predicted octanol–water partition coefficient (Wildman–Crippen LogP) is 2.68. The van der Waals surface area contributed by atoms with Gasteiger partial charge in [-0.15, -0.1) is 0 Å². The molecule has 1 aromatic heterocycles. The number of aromatic nitrogens is 2. The van der Waals surface area contributed by atoms with Crippen LogP contribution in [0.15, 0.2) is 48.7 Å². The number of hydrogen-bond acceptors (Lipinski definition) is 7. The zero-order chi connectivity index (χ0) is 20.8. The lowest BCUT2D eigenvalue weighted by molar-refractivity contribution is -0.141. The van der Waals surface area contributed by atoms with Gasteiger partial charge >= 0.3 is 5.97 Å². The van der Waals surface area contributed by atoms with E-state index in [1.54, 1.807) is 24.3 Å². The molecule has 1 atom stereocenters. The summed E-state index contributed by atoms with van der Waals surface area (Å²) in [4.78, 5) is 33.3. The van der Waals surface area contributed by atoms with Crippen LogP contribution in [0, 0.1) is 0 Å². The number of benzene rings is 2. The molecule has 0 aliphatic carbocycles. The number of esters is 1. The van der Waals surface area contributed by atoms with E-state index in [9.17, 15) is 9.59 Å². The minimum Gasteiger partial charge on any atom is -0.493 e. The highest BCUT2D eigenvalue weighted by molar-refractivity contribution is 5.94. The molecule has 1 heterocycles. The van der Waals surface area contributed by atoms with Crippen molar-refractivity contribution in [2.45, 2.75) is 12.5 Å². The molecule has 0 aliphatic heterocycles. The van der Waals surface area contributed by atoms with Crippen LogP contribution in [-0.4, -0.2) is 43.2 Å². The first-order chi connectivity index (χ1) is 14.0. The van der Waals surface area contributed by atoms with Gasteiger partial charge in [0.1, 0.15) is 5.69 Å². The third-order valence-electron chi connectivity index (χ3n) is 4.39. The second-order valence-electron chi connectivity index (χ2n) is 6.16. The van der Waals surface area contributed by atoms with Crippen LogP contribution in [0.2, 0.25) is 0 Å². The van der Waals surface area contributed by atoms with Crippen molar-refractivity contribution in [2.24, 2.45) is 0 Å². The van der Waals surface area contributed by atoms with E-state index in [2.05, 4.69) is 15.3 Å². The largest absolute Gasteiger partial charge is 0.493 e. The number of ether oxygens (including phenoxy) is 3. The van der Waals surface area contributed by atoms with E-state index < -0.39 is 17.9 Å². The Morgan fingerprint density at radius 1 is 1.00 bits per heavy atom. The molecule has 0 bridgehead atoms. The Morgan fingerprint density at radius 2 is 1.72 bits per heavy atom. The maximum Gasteiger partial charge on any atom is 0.307 e. The first-order valence-corrected chi connectivity index (χ1v) is 8.87. The quantitative estimate of drug-likeness (QED) is 0.614. The smallest absolute Gasteiger partial charge is 0.307 e. The van der Waals surface area contributed by atoms with Gasteiger partial charge in [0.05, 0.1) is 51.0 Å². The van der Waals surface area contributed by atoms with Crippen molar-refractivity contribution in [2.75, 3.05) is 21.3 Å². The normalized spacial score (nSPS) is 11.6. The summed E-state index contributed by atoms with van der Waals surface area (Å²) in [5.74, 6) is 0.112. The van der Waals surface area contributed by atoms with Crippen LogP contribution in [0.1, 0.15) is 28.5 Å². The van der Waals surface area contributed by atoms with Gasteiger partial charge in [0.15, 0.2) is 11.5 Å². The topological polar surface area (TPSA) is 99.6 Å². The maximum atomic E-state index is 12.8. The molecule has 0 saturated carbocycles. The fourth-order valence-electron chi connectivity index (χ4n) is 2.87. The molecule has 3 rings (SSSR count). The lowest BCUT2D eigenvalue weighted by Gasteiger charge is -2.19. The Balaban J connectivity index is 1.90. The van der Waals surface area contributed by atoms with E-state index >= 15 is 0 Å². The van der Waals surface area contributed by atoms with Gasteiger partial charge in [0.25, 0.3) is 5.91 Å². The highest BCUT2D eigenvalue weighted by atomic mass is 16.5. The zero-order valence-electron chi connectivity index (χ0n) is 16.3. The maximum absolute atomic E-state index is 12.8. The standard InChI is InChI=1S/C21H21N3O5/c1-27-18-9-8-13(10-19(18)28-2)16(11-20(25)29-3)24-21(26)17-12-22-14-6-4-5-7-15(14)23-17/h4-10,12,16H,11H2,1-3H3,(H,24,26)/t16-/m0/s1. The molecule has 29 heavy (non-hydrogen) atoms. The predicted molar refractivity (Wildman–Crippen MR) is 106 cm³/mol. The molecule has 2 aromatic carbocycles. The summed E-state index contributed by atoms with van der Waals surface area (Å²) >= 11 is 0. The SMILES string of the molecule is COC(=O)C[C@H](NC(=O)c1cnc2ccccc2n1)c1ccc(OC)c(OC)c1. The molecule has 8 nitrogen and oxygen atoms in total. The molecule has 150 valence electrons. The van der Waals surface area contributed by atoms with Crippen LogP contribution in [0.5, 0.6) is 11.5 Å². The Labute approximate surface area is 167 Å². The molecule has 3 aromatic rings. The third-order valence-corrected chi connectivity index (χ3v) is 4.39. The fraction of sp³-hybridized carbons (Fsp3) is 0.238. The molecule has 0 aliphatic rings. The molecular formula is C21H21N3O5. The van der Waals surface area contributed by atoms with Gasteiger partial charge in [-0.3, -0.25) is 14.6 Å². The van der Waals surface area contributed by atoms with Crippen molar-refractivity contribution >= 4 is 22.9 Å². The van der Waals surface area contributed by atoms with Crippen molar-refractivity contribution in [3.8, 4) is 11.5 Å². The van der Waals surface area contributed by atoms with E-state index in [0.29, 0.717) is 28.1 Å². The van der Waals surface area contributed by atoms with E-state index in [4.69, 9.17) is 14.2 Å². The number of nitrogens with zero attached hydrogens (tertiary/aromatic N) is 2. The Morgan fingerprint density at radius 3 is 2.41 bits per heavy atom. The van der Waals surface area contributed by atoms with Crippen LogP contribution in [-0.2, 0) is 9.53 Å². The van der Waals surface area contributed by atoms with Crippen LogP contribution < -0.4 is 14.8 Å². The number of rotatable bonds is 7. The minimum atomic E-state index is -0.650. The van der Waals surface area contributed by atoms with Gasteiger partial charge in [-0.25, -0.2) is 4.98 Å². The first-order valence-electron chi connectivity index (χ1n) is 8.87. The van der Waals surface area contributed by atoms with Crippen molar-refractivity contribution in [1.29, 1.82) is 0 Å². The van der Waals surface area contributed by atoms with Crippen LogP contribution >= 0.6 is 0 Å². The molecule has 1 N–H and O–H groups in total. The summed E-state index contributed by atoms with van der Waals surface area (Å²) in [7, 11) is 4.34. The highest BCUT2D eigenvalue weighted by Crippen LogP contribution is 2.31. The molecule has 8 heteroatoms. The summed E-state index contributed by atoms with van der Waals surface area (Å²) in [6, 6.07) is 11.8. The van der Waals surface area contributed by atoms with Gasteiger partial charge < -0.3 is 19.5 Å². The van der Waals surface area contributed by atoms with E-state index in [0.717, 1.165) is 0 Å². The second kappa shape index (κ2) is 9.01. The number of amides is 1.